The minimum absolute atomic E-state index is 0.172. The van der Waals surface area contributed by atoms with Gasteiger partial charge in [0, 0.05) is 13.1 Å². The van der Waals surface area contributed by atoms with Crippen LogP contribution < -0.4 is 0 Å². The first-order valence-electron chi connectivity index (χ1n) is 6.48. The normalized spacial score (nSPS) is 14.8. The Bertz CT molecular complexity index is 510. The summed E-state index contributed by atoms with van der Waals surface area (Å²) in [5.41, 5.74) is 2.42. The molecule has 1 N–H and O–H groups in total. The van der Waals surface area contributed by atoms with E-state index in [9.17, 15) is 9.59 Å². The lowest BCUT2D eigenvalue weighted by molar-refractivity contribution is -0.145. The molecule has 5 nitrogen and oxygen atoms in total. The molecule has 106 valence electrons. The molecule has 0 aliphatic carbocycles. The Morgan fingerprint density at radius 1 is 1.20 bits per heavy atom. The van der Waals surface area contributed by atoms with E-state index in [0.717, 1.165) is 6.42 Å². The highest BCUT2D eigenvalue weighted by molar-refractivity contribution is 5.79. The van der Waals surface area contributed by atoms with E-state index in [0.29, 0.717) is 13.1 Å². The number of carbonyl (C=O) groups is 2. The Kier molecular flexibility index (Phi) is 4.90. The SMILES string of the molecule is O=C(O)COCC(=O)N1CC=C(c2ccccc2)CC1. The maximum Gasteiger partial charge on any atom is 0.329 e. The molecular formula is C15H17NO4. The molecular weight excluding hydrogens is 258 g/mol. The van der Waals surface area contributed by atoms with Crippen LogP contribution in [0.4, 0.5) is 0 Å². The van der Waals surface area contributed by atoms with Crippen molar-refractivity contribution < 1.29 is 19.4 Å². The molecule has 1 aromatic rings. The van der Waals surface area contributed by atoms with Gasteiger partial charge in [0.15, 0.2) is 0 Å². The molecule has 0 saturated heterocycles. The molecule has 0 spiro atoms. The van der Waals surface area contributed by atoms with Crippen molar-refractivity contribution in [3.05, 3.63) is 42.0 Å². The summed E-state index contributed by atoms with van der Waals surface area (Å²) in [5, 5.41) is 8.44. The third-order valence-corrected chi connectivity index (χ3v) is 3.16. The molecule has 1 heterocycles. The Morgan fingerprint density at radius 3 is 2.55 bits per heavy atom. The van der Waals surface area contributed by atoms with E-state index in [1.807, 2.05) is 24.3 Å². The van der Waals surface area contributed by atoms with Gasteiger partial charge in [-0.2, -0.15) is 0 Å². The quantitative estimate of drug-likeness (QED) is 0.882. The summed E-state index contributed by atoms with van der Waals surface area (Å²) in [6.07, 6.45) is 2.84. The number of nitrogens with zero attached hydrogens (tertiary/aromatic N) is 1. The number of amides is 1. The zero-order valence-corrected chi connectivity index (χ0v) is 11.1. The molecule has 1 amide bonds. The Labute approximate surface area is 117 Å². The first kappa shape index (κ1) is 14.3. The average Bonchev–Trinajstić information content (AvgIpc) is 2.48. The summed E-state index contributed by atoms with van der Waals surface area (Å²) < 4.78 is 4.81. The minimum atomic E-state index is -1.07. The Balaban J connectivity index is 1.85. The third-order valence-electron chi connectivity index (χ3n) is 3.16. The van der Waals surface area contributed by atoms with Crippen LogP contribution in [0.2, 0.25) is 0 Å². The van der Waals surface area contributed by atoms with Crippen LogP contribution in [0, 0.1) is 0 Å². The zero-order chi connectivity index (χ0) is 14.4. The second-order valence-corrected chi connectivity index (χ2v) is 4.57. The topological polar surface area (TPSA) is 66.8 Å². The summed E-state index contributed by atoms with van der Waals surface area (Å²) in [4.78, 5) is 23.8. The van der Waals surface area contributed by atoms with Crippen LogP contribution in [0.25, 0.3) is 5.57 Å². The third kappa shape index (κ3) is 3.93. The predicted octanol–water partition coefficient (Wildman–Crippen LogP) is 1.40. The van der Waals surface area contributed by atoms with E-state index >= 15 is 0 Å². The average molecular weight is 275 g/mol. The molecule has 2 rings (SSSR count). The van der Waals surface area contributed by atoms with E-state index in [1.165, 1.54) is 11.1 Å². The molecule has 0 bridgehead atoms. The lowest BCUT2D eigenvalue weighted by atomic mass is 10.00. The van der Waals surface area contributed by atoms with E-state index in [2.05, 4.69) is 12.1 Å². The van der Waals surface area contributed by atoms with Crippen LogP contribution in [0.1, 0.15) is 12.0 Å². The fraction of sp³-hybridized carbons (Fsp3) is 0.333. The molecule has 0 unspecified atom stereocenters. The summed E-state index contributed by atoms with van der Waals surface area (Å²) in [6.45, 7) is 0.557. The first-order chi connectivity index (χ1) is 9.66. The van der Waals surface area contributed by atoms with Gasteiger partial charge in [-0.1, -0.05) is 36.4 Å². The zero-order valence-electron chi connectivity index (χ0n) is 11.1. The van der Waals surface area contributed by atoms with E-state index in [4.69, 9.17) is 9.84 Å². The van der Waals surface area contributed by atoms with Crippen molar-refractivity contribution >= 4 is 17.4 Å². The maximum atomic E-state index is 11.8. The highest BCUT2D eigenvalue weighted by Gasteiger charge is 2.18. The highest BCUT2D eigenvalue weighted by Crippen LogP contribution is 2.21. The molecule has 0 aromatic heterocycles. The monoisotopic (exact) mass is 275 g/mol. The van der Waals surface area contributed by atoms with Crippen molar-refractivity contribution in [2.75, 3.05) is 26.3 Å². The fourth-order valence-corrected chi connectivity index (χ4v) is 2.13. The number of hydrogen-bond acceptors (Lipinski definition) is 3. The van der Waals surface area contributed by atoms with Gasteiger partial charge in [-0.15, -0.1) is 0 Å². The summed E-state index contributed by atoms with van der Waals surface area (Å²) in [6, 6.07) is 10.1. The van der Waals surface area contributed by atoms with Crippen molar-refractivity contribution in [3.8, 4) is 0 Å². The van der Waals surface area contributed by atoms with Crippen LogP contribution >= 0.6 is 0 Å². The van der Waals surface area contributed by atoms with E-state index in [1.54, 1.807) is 4.90 Å². The van der Waals surface area contributed by atoms with Gasteiger partial charge in [0.25, 0.3) is 0 Å². The second kappa shape index (κ2) is 6.86. The molecule has 0 radical (unpaired) electrons. The number of hydrogen-bond donors (Lipinski definition) is 1. The van der Waals surface area contributed by atoms with E-state index < -0.39 is 12.6 Å². The van der Waals surface area contributed by atoms with Crippen LogP contribution in [0.5, 0.6) is 0 Å². The van der Waals surface area contributed by atoms with Crippen LogP contribution in [0.15, 0.2) is 36.4 Å². The molecule has 5 heteroatoms. The molecule has 0 fully saturated rings. The van der Waals surface area contributed by atoms with Crippen molar-refractivity contribution in [2.24, 2.45) is 0 Å². The summed E-state index contributed by atoms with van der Waals surface area (Å²) in [5.74, 6) is -1.24. The Morgan fingerprint density at radius 2 is 1.95 bits per heavy atom. The lowest BCUT2D eigenvalue weighted by Crippen LogP contribution is -2.37. The minimum Gasteiger partial charge on any atom is -0.480 e. The number of carboxylic acids is 1. The van der Waals surface area contributed by atoms with Gasteiger partial charge in [-0.25, -0.2) is 4.79 Å². The van der Waals surface area contributed by atoms with Crippen LogP contribution in [0.3, 0.4) is 0 Å². The number of aliphatic carboxylic acids is 1. The highest BCUT2D eigenvalue weighted by atomic mass is 16.5. The number of carbonyl (C=O) groups excluding carboxylic acids is 1. The molecule has 1 aliphatic rings. The molecule has 0 atom stereocenters. The first-order valence-corrected chi connectivity index (χ1v) is 6.48. The standard InChI is InChI=1S/C15H17NO4/c17-14(10-20-11-15(18)19)16-8-6-13(7-9-16)12-4-2-1-3-5-12/h1-6H,7-11H2,(H,18,19). The van der Waals surface area contributed by atoms with Crippen LogP contribution in [-0.2, 0) is 14.3 Å². The molecule has 0 saturated carbocycles. The van der Waals surface area contributed by atoms with Gasteiger partial charge in [0.2, 0.25) is 5.91 Å². The Hall–Kier alpha value is -2.14. The van der Waals surface area contributed by atoms with Crippen molar-refractivity contribution in [1.29, 1.82) is 0 Å². The largest absolute Gasteiger partial charge is 0.480 e. The van der Waals surface area contributed by atoms with Crippen LogP contribution in [-0.4, -0.2) is 48.2 Å². The van der Waals surface area contributed by atoms with E-state index in [-0.39, 0.29) is 12.5 Å². The number of benzene rings is 1. The van der Waals surface area contributed by atoms with Gasteiger partial charge in [-0.3, -0.25) is 4.79 Å². The summed E-state index contributed by atoms with van der Waals surface area (Å²) >= 11 is 0. The van der Waals surface area contributed by atoms with Crippen molar-refractivity contribution in [1.82, 2.24) is 4.90 Å². The van der Waals surface area contributed by atoms with Gasteiger partial charge >= 0.3 is 5.97 Å². The van der Waals surface area contributed by atoms with Gasteiger partial charge in [-0.05, 0) is 17.6 Å². The second-order valence-electron chi connectivity index (χ2n) is 4.57. The summed E-state index contributed by atoms with van der Waals surface area (Å²) in [7, 11) is 0. The predicted molar refractivity (Wildman–Crippen MR) is 74.1 cm³/mol. The molecule has 20 heavy (non-hydrogen) atoms. The number of carboxylic acid groups (broad SMARTS) is 1. The van der Waals surface area contributed by atoms with Gasteiger partial charge < -0.3 is 14.7 Å². The van der Waals surface area contributed by atoms with Gasteiger partial charge in [0.1, 0.15) is 13.2 Å². The number of ether oxygens (including phenoxy) is 1. The molecule has 1 aliphatic heterocycles. The lowest BCUT2D eigenvalue weighted by Gasteiger charge is -2.26. The van der Waals surface area contributed by atoms with Crippen molar-refractivity contribution in [2.45, 2.75) is 6.42 Å². The fourth-order valence-electron chi connectivity index (χ4n) is 2.13. The van der Waals surface area contributed by atoms with Gasteiger partial charge in [0.05, 0.1) is 0 Å². The smallest absolute Gasteiger partial charge is 0.329 e. The van der Waals surface area contributed by atoms with Crippen molar-refractivity contribution in [3.63, 3.8) is 0 Å². The maximum absolute atomic E-state index is 11.8. The molecule has 1 aromatic carbocycles. The number of rotatable bonds is 5.